The molecule has 13 heavy (non-hydrogen) atoms. The molecule has 4 heteroatoms. The maximum atomic E-state index is 9.43. The molecular weight excluding hydrogens is 281 g/mol. The summed E-state index contributed by atoms with van der Waals surface area (Å²) in [5.41, 5.74) is 6.89. The van der Waals surface area contributed by atoms with E-state index in [1.807, 2.05) is 6.07 Å². The Morgan fingerprint density at radius 1 is 1.54 bits per heavy atom. The van der Waals surface area contributed by atoms with Gasteiger partial charge >= 0.3 is 0 Å². The van der Waals surface area contributed by atoms with Crippen molar-refractivity contribution < 1.29 is 9.84 Å². The van der Waals surface area contributed by atoms with E-state index in [9.17, 15) is 5.11 Å². The summed E-state index contributed by atoms with van der Waals surface area (Å²) in [5.74, 6) is 1.01. The second-order valence-electron chi connectivity index (χ2n) is 3.06. The molecule has 1 aromatic carbocycles. The van der Waals surface area contributed by atoms with Gasteiger partial charge in [-0.25, -0.2) is 0 Å². The topological polar surface area (TPSA) is 55.5 Å². The lowest BCUT2D eigenvalue weighted by Gasteiger charge is -2.24. The average Bonchev–Trinajstić information content (AvgIpc) is 2.12. The summed E-state index contributed by atoms with van der Waals surface area (Å²) in [7, 11) is 0. The van der Waals surface area contributed by atoms with Crippen LogP contribution >= 0.6 is 22.6 Å². The Morgan fingerprint density at radius 2 is 2.31 bits per heavy atom. The van der Waals surface area contributed by atoms with Gasteiger partial charge in [0.1, 0.15) is 11.5 Å². The number of nitrogens with two attached hydrogens (primary N) is 1. The highest BCUT2D eigenvalue weighted by Crippen LogP contribution is 2.38. The summed E-state index contributed by atoms with van der Waals surface area (Å²) in [5, 5.41) is 9.43. The Hall–Kier alpha value is -0.490. The first-order valence-electron chi connectivity index (χ1n) is 4.10. The first-order valence-corrected chi connectivity index (χ1v) is 5.18. The highest BCUT2D eigenvalue weighted by Gasteiger charge is 2.21. The summed E-state index contributed by atoms with van der Waals surface area (Å²) >= 11 is 2.07. The van der Waals surface area contributed by atoms with Crippen LogP contribution in [-0.2, 0) is 0 Å². The zero-order valence-corrected chi connectivity index (χ0v) is 9.11. The number of phenols is 1. The molecule has 0 unspecified atom stereocenters. The predicted molar refractivity (Wildman–Crippen MR) is 57.9 cm³/mol. The minimum Gasteiger partial charge on any atom is -0.507 e. The molecule has 3 nitrogen and oxygen atoms in total. The number of phenolic OH excluding ortho intramolecular Hbond substituents is 1. The number of halogens is 1. The molecule has 1 heterocycles. The number of hydrogen-bond acceptors (Lipinski definition) is 3. The second kappa shape index (κ2) is 3.34. The van der Waals surface area contributed by atoms with Crippen LogP contribution in [0.25, 0.3) is 0 Å². The molecule has 0 radical (unpaired) electrons. The smallest absolute Gasteiger partial charge is 0.141 e. The van der Waals surface area contributed by atoms with Gasteiger partial charge in [-0.3, -0.25) is 0 Å². The molecule has 0 saturated heterocycles. The molecule has 0 amide bonds. The summed E-state index contributed by atoms with van der Waals surface area (Å²) in [6.45, 7) is 0.633. The van der Waals surface area contributed by atoms with E-state index in [2.05, 4.69) is 22.6 Å². The maximum absolute atomic E-state index is 9.43. The molecule has 2 rings (SSSR count). The number of rotatable bonds is 0. The molecule has 0 fully saturated rings. The Labute approximate surface area is 90.0 Å². The van der Waals surface area contributed by atoms with E-state index in [-0.39, 0.29) is 11.8 Å². The lowest BCUT2D eigenvalue weighted by Crippen LogP contribution is -2.21. The molecule has 3 N–H and O–H groups in total. The second-order valence-corrected chi connectivity index (χ2v) is 4.14. The minimum absolute atomic E-state index is 0.0397. The van der Waals surface area contributed by atoms with Crippen molar-refractivity contribution >= 4 is 22.6 Å². The van der Waals surface area contributed by atoms with Crippen LogP contribution in [0.1, 0.15) is 18.0 Å². The average molecular weight is 291 g/mol. The normalized spacial score (nSPS) is 20.6. The number of hydrogen-bond donors (Lipinski definition) is 2. The monoisotopic (exact) mass is 291 g/mol. The Morgan fingerprint density at radius 3 is 3.08 bits per heavy atom. The van der Waals surface area contributed by atoms with Crippen LogP contribution in [-0.4, -0.2) is 11.7 Å². The van der Waals surface area contributed by atoms with E-state index >= 15 is 0 Å². The Kier molecular flexibility index (Phi) is 2.33. The molecule has 0 spiro atoms. The quantitative estimate of drug-likeness (QED) is 0.716. The van der Waals surface area contributed by atoms with Crippen LogP contribution in [0.3, 0.4) is 0 Å². The minimum atomic E-state index is 0.0397. The largest absolute Gasteiger partial charge is 0.507 e. The van der Waals surface area contributed by atoms with E-state index in [0.29, 0.717) is 6.61 Å². The lowest BCUT2D eigenvalue weighted by atomic mass is 10.0. The lowest BCUT2D eigenvalue weighted by molar-refractivity contribution is 0.265. The SMILES string of the molecule is N[C@H]1CCOc2c1ccc(O)c2I. The van der Waals surface area contributed by atoms with Gasteiger partial charge in [0.05, 0.1) is 10.2 Å². The van der Waals surface area contributed by atoms with E-state index in [1.165, 1.54) is 0 Å². The van der Waals surface area contributed by atoms with Crippen LogP contribution < -0.4 is 10.5 Å². The third-order valence-electron chi connectivity index (χ3n) is 2.18. The van der Waals surface area contributed by atoms with Crippen molar-refractivity contribution in [1.29, 1.82) is 0 Å². The molecule has 0 aliphatic carbocycles. The first kappa shape index (κ1) is 9.08. The third kappa shape index (κ3) is 1.48. The fourth-order valence-electron chi connectivity index (χ4n) is 1.44. The molecule has 1 aromatic rings. The summed E-state index contributed by atoms with van der Waals surface area (Å²) < 4.78 is 6.21. The van der Waals surface area contributed by atoms with Crippen molar-refractivity contribution in [3.63, 3.8) is 0 Å². The number of aromatic hydroxyl groups is 1. The molecule has 1 atom stereocenters. The number of fused-ring (bicyclic) bond motifs is 1. The van der Waals surface area contributed by atoms with Crippen molar-refractivity contribution in [2.45, 2.75) is 12.5 Å². The predicted octanol–water partition coefficient (Wildman–Crippen LogP) is 1.78. The van der Waals surface area contributed by atoms with E-state index in [1.54, 1.807) is 6.07 Å². The van der Waals surface area contributed by atoms with Gasteiger partial charge < -0.3 is 15.6 Å². The fraction of sp³-hybridized carbons (Fsp3) is 0.333. The van der Waals surface area contributed by atoms with Gasteiger partial charge in [0.15, 0.2) is 0 Å². The zero-order valence-electron chi connectivity index (χ0n) is 6.96. The van der Waals surface area contributed by atoms with Gasteiger partial charge in [-0.15, -0.1) is 0 Å². The van der Waals surface area contributed by atoms with Crippen molar-refractivity contribution in [2.75, 3.05) is 6.61 Å². The summed E-state index contributed by atoms with van der Waals surface area (Å²) in [6.07, 6.45) is 0.841. The maximum Gasteiger partial charge on any atom is 0.141 e. The van der Waals surface area contributed by atoms with E-state index < -0.39 is 0 Å². The van der Waals surface area contributed by atoms with Crippen LogP contribution in [0.5, 0.6) is 11.5 Å². The Bertz CT molecular complexity index is 341. The van der Waals surface area contributed by atoms with Crippen LogP contribution in [0, 0.1) is 3.57 Å². The van der Waals surface area contributed by atoms with Crippen molar-refractivity contribution in [1.82, 2.24) is 0 Å². The van der Waals surface area contributed by atoms with Gasteiger partial charge in [-0.1, -0.05) is 6.07 Å². The van der Waals surface area contributed by atoms with Crippen molar-refractivity contribution in [3.05, 3.63) is 21.3 Å². The standard InChI is InChI=1S/C9H10INO2/c10-8-7(12)2-1-5-6(11)3-4-13-9(5)8/h1-2,6,12H,3-4,11H2/t6-/m0/s1. The molecule has 0 saturated carbocycles. The number of benzene rings is 1. The summed E-state index contributed by atoms with van der Waals surface area (Å²) in [4.78, 5) is 0. The zero-order chi connectivity index (χ0) is 9.42. The third-order valence-corrected chi connectivity index (χ3v) is 3.22. The van der Waals surface area contributed by atoms with Gasteiger partial charge in [0.25, 0.3) is 0 Å². The van der Waals surface area contributed by atoms with Crippen LogP contribution in [0.4, 0.5) is 0 Å². The van der Waals surface area contributed by atoms with E-state index in [0.717, 1.165) is 21.3 Å². The molecule has 70 valence electrons. The van der Waals surface area contributed by atoms with Gasteiger partial charge in [0.2, 0.25) is 0 Å². The molecular formula is C9H10INO2. The van der Waals surface area contributed by atoms with Gasteiger partial charge in [-0.2, -0.15) is 0 Å². The highest BCUT2D eigenvalue weighted by atomic mass is 127. The highest BCUT2D eigenvalue weighted by molar-refractivity contribution is 14.1. The molecule has 0 bridgehead atoms. The Balaban J connectivity index is 2.56. The molecule has 1 aliphatic rings. The molecule has 0 aromatic heterocycles. The summed E-state index contributed by atoms with van der Waals surface area (Å²) in [6, 6.07) is 3.53. The number of ether oxygens (including phenoxy) is 1. The van der Waals surface area contributed by atoms with Gasteiger partial charge in [-0.05, 0) is 28.7 Å². The van der Waals surface area contributed by atoms with Crippen molar-refractivity contribution in [3.8, 4) is 11.5 Å². The molecule has 1 aliphatic heterocycles. The van der Waals surface area contributed by atoms with Gasteiger partial charge in [0, 0.05) is 18.0 Å². The van der Waals surface area contributed by atoms with Crippen LogP contribution in [0.15, 0.2) is 12.1 Å². The van der Waals surface area contributed by atoms with Crippen molar-refractivity contribution in [2.24, 2.45) is 5.73 Å². The first-order chi connectivity index (χ1) is 6.20. The van der Waals surface area contributed by atoms with Crippen LogP contribution in [0.2, 0.25) is 0 Å². The van der Waals surface area contributed by atoms with E-state index in [4.69, 9.17) is 10.5 Å². The fourth-order valence-corrected chi connectivity index (χ4v) is 2.09.